The second kappa shape index (κ2) is 9.51. The van der Waals surface area contributed by atoms with Gasteiger partial charge in [-0.1, -0.05) is 54.1 Å². The highest BCUT2D eigenvalue weighted by Crippen LogP contribution is 2.38. The molecule has 0 bridgehead atoms. The number of carboxylic acids is 1. The van der Waals surface area contributed by atoms with Crippen molar-refractivity contribution in [3.05, 3.63) is 59.1 Å². The van der Waals surface area contributed by atoms with Crippen LogP contribution in [-0.4, -0.2) is 33.9 Å². The Morgan fingerprint density at radius 2 is 1.82 bits per heavy atom. The highest BCUT2D eigenvalue weighted by molar-refractivity contribution is 6.35. The number of aromatic nitrogens is 1. The summed E-state index contributed by atoms with van der Waals surface area (Å²) < 4.78 is 26.9. The van der Waals surface area contributed by atoms with Crippen molar-refractivity contribution < 1.29 is 23.5 Å². The lowest BCUT2D eigenvalue weighted by molar-refractivity contribution is -0.145. The van der Waals surface area contributed by atoms with Gasteiger partial charge in [0.25, 0.3) is 0 Å². The number of aliphatic carboxylic acids is 1. The lowest BCUT2D eigenvalue weighted by Gasteiger charge is -2.32. The number of aryl methyl sites for hydroxylation is 1. The first-order valence-electron chi connectivity index (χ1n) is 11.0. The van der Waals surface area contributed by atoms with Crippen molar-refractivity contribution in [3.8, 4) is 11.3 Å². The van der Waals surface area contributed by atoms with Crippen LogP contribution in [-0.2, 0) is 16.0 Å². The number of amides is 1. The Morgan fingerprint density at radius 3 is 2.48 bits per heavy atom. The van der Waals surface area contributed by atoms with Crippen LogP contribution < -0.4 is 5.32 Å². The zero-order valence-electron chi connectivity index (χ0n) is 17.9. The normalized spacial score (nSPS) is 17.1. The molecule has 4 rings (SSSR count). The predicted molar refractivity (Wildman–Crippen MR) is 124 cm³/mol. The molecule has 1 unspecified atom stereocenters. The molecule has 0 saturated heterocycles. The maximum Gasteiger partial charge on any atom is 0.326 e. The number of aromatic amines is 1. The molecular formula is C25H25ClF2N2O3. The summed E-state index contributed by atoms with van der Waals surface area (Å²) >= 11 is 6.37. The van der Waals surface area contributed by atoms with E-state index in [1.165, 1.54) is 0 Å². The second-order valence-electron chi connectivity index (χ2n) is 8.58. The standard InChI is InChI=1S/C25H25ClF2N2O3/c26-19-8-4-7-17-18(21(30-23(17)19)15-5-2-1-3-6-15)9-10-20(31)29-22(24(32)33)16-11-13-25(27,28)14-12-16/h1-8,16,22,30H,9-14H2,(H,29,31)(H,32,33). The molecule has 1 aliphatic rings. The van der Waals surface area contributed by atoms with Gasteiger partial charge in [-0.25, -0.2) is 13.6 Å². The van der Waals surface area contributed by atoms with E-state index in [0.717, 1.165) is 27.7 Å². The molecule has 174 valence electrons. The van der Waals surface area contributed by atoms with Gasteiger partial charge in [-0.3, -0.25) is 4.79 Å². The molecule has 3 N–H and O–H groups in total. The van der Waals surface area contributed by atoms with Crippen molar-refractivity contribution in [2.75, 3.05) is 0 Å². The van der Waals surface area contributed by atoms with Gasteiger partial charge in [-0.05, 0) is 42.4 Å². The molecule has 1 saturated carbocycles. The van der Waals surface area contributed by atoms with Gasteiger partial charge in [0.05, 0.1) is 10.5 Å². The molecule has 0 spiro atoms. The lowest BCUT2D eigenvalue weighted by Crippen LogP contribution is -2.47. The van der Waals surface area contributed by atoms with Gasteiger partial charge in [0.15, 0.2) is 0 Å². The molecule has 1 aromatic heterocycles. The number of hydrogen-bond acceptors (Lipinski definition) is 2. The van der Waals surface area contributed by atoms with Gasteiger partial charge < -0.3 is 15.4 Å². The number of fused-ring (bicyclic) bond motifs is 1. The minimum atomic E-state index is -2.76. The summed E-state index contributed by atoms with van der Waals surface area (Å²) in [4.78, 5) is 27.8. The highest BCUT2D eigenvalue weighted by Gasteiger charge is 2.40. The molecule has 0 radical (unpaired) electrons. The van der Waals surface area contributed by atoms with E-state index in [4.69, 9.17) is 11.6 Å². The third-order valence-electron chi connectivity index (χ3n) is 6.37. The van der Waals surface area contributed by atoms with Crippen molar-refractivity contribution in [3.63, 3.8) is 0 Å². The van der Waals surface area contributed by atoms with E-state index in [2.05, 4.69) is 10.3 Å². The van der Waals surface area contributed by atoms with Crippen molar-refractivity contribution in [2.24, 2.45) is 5.92 Å². The molecule has 1 heterocycles. The van der Waals surface area contributed by atoms with Crippen molar-refractivity contribution >= 4 is 34.4 Å². The van der Waals surface area contributed by atoms with Gasteiger partial charge in [0.2, 0.25) is 11.8 Å². The van der Waals surface area contributed by atoms with Crippen molar-refractivity contribution in [1.82, 2.24) is 10.3 Å². The molecule has 33 heavy (non-hydrogen) atoms. The largest absolute Gasteiger partial charge is 0.480 e. The first-order chi connectivity index (χ1) is 15.7. The van der Waals surface area contributed by atoms with Crippen molar-refractivity contribution in [2.45, 2.75) is 50.5 Å². The Labute approximate surface area is 195 Å². The maximum absolute atomic E-state index is 13.5. The van der Waals surface area contributed by atoms with E-state index in [1.54, 1.807) is 6.07 Å². The van der Waals surface area contributed by atoms with Crippen LogP contribution in [0.25, 0.3) is 22.2 Å². The Kier molecular flexibility index (Phi) is 6.70. The molecule has 2 aromatic carbocycles. The van der Waals surface area contributed by atoms with Crippen LogP contribution in [0.2, 0.25) is 5.02 Å². The lowest BCUT2D eigenvalue weighted by atomic mass is 9.82. The molecule has 1 atom stereocenters. The molecule has 8 heteroatoms. The first-order valence-corrected chi connectivity index (χ1v) is 11.4. The zero-order valence-corrected chi connectivity index (χ0v) is 18.7. The average Bonchev–Trinajstić information content (AvgIpc) is 3.17. The van der Waals surface area contributed by atoms with Gasteiger partial charge in [0, 0.05) is 30.3 Å². The van der Waals surface area contributed by atoms with E-state index in [-0.39, 0.29) is 32.1 Å². The fourth-order valence-corrected chi connectivity index (χ4v) is 4.83. The first kappa shape index (κ1) is 23.2. The fourth-order valence-electron chi connectivity index (χ4n) is 4.61. The minimum Gasteiger partial charge on any atom is -0.480 e. The maximum atomic E-state index is 13.5. The Hall–Kier alpha value is -2.93. The molecule has 0 aliphatic heterocycles. The summed E-state index contributed by atoms with van der Waals surface area (Å²) in [6.45, 7) is 0. The summed E-state index contributed by atoms with van der Waals surface area (Å²) in [5.41, 5.74) is 3.50. The smallest absolute Gasteiger partial charge is 0.326 e. The summed E-state index contributed by atoms with van der Waals surface area (Å²) in [5.74, 6) is -4.87. The van der Waals surface area contributed by atoms with Crippen molar-refractivity contribution in [1.29, 1.82) is 0 Å². The molecule has 1 aliphatic carbocycles. The van der Waals surface area contributed by atoms with Crippen LogP contribution in [0, 0.1) is 5.92 Å². The zero-order chi connectivity index (χ0) is 23.6. The molecule has 1 amide bonds. The third kappa shape index (κ3) is 5.19. The van der Waals surface area contributed by atoms with E-state index < -0.39 is 29.8 Å². The van der Waals surface area contributed by atoms with E-state index in [9.17, 15) is 23.5 Å². The highest BCUT2D eigenvalue weighted by atomic mass is 35.5. The number of hydrogen-bond donors (Lipinski definition) is 3. The second-order valence-corrected chi connectivity index (χ2v) is 8.99. The minimum absolute atomic E-state index is 0.0615. The number of carbonyl (C=O) groups excluding carboxylic acids is 1. The number of carboxylic acid groups (broad SMARTS) is 1. The van der Waals surface area contributed by atoms with Crippen LogP contribution in [0.5, 0.6) is 0 Å². The summed E-state index contributed by atoms with van der Waals surface area (Å²) in [7, 11) is 0. The Balaban J connectivity index is 1.51. The molecule has 1 fully saturated rings. The number of H-pyrrole nitrogens is 1. The third-order valence-corrected chi connectivity index (χ3v) is 6.69. The van der Waals surface area contributed by atoms with Crippen LogP contribution in [0.15, 0.2) is 48.5 Å². The number of rotatable bonds is 7. The van der Waals surface area contributed by atoms with E-state index in [0.29, 0.717) is 11.4 Å². The summed E-state index contributed by atoms with van der Waals surface area (Å²) in [5, 5.41) is 13.6. The monoisotopic (exact) mass is 474 g/mol. The fraction of sp³-hybridized carbons (Fsp3) is 0.360. The topological polar surface area (TPSA) is 82.2 Å². The number of para-hydroxylation sites is 1. The number of nitrogens with one attached hydrogen (secondary N) is 2. The summed E-state index contributed by atoms with van der Waals surface area (Å²) in [6.07, 6.45) is -0.133. The van der Waals surface area contributed by atoms with Crippen LogP contribution in [0.4, 0.5) is 8.78 Å². The van der Waals surface area contributed by atoms with E-state index >= 15 is 0 Å². The molecule has 5 nitrogen and oxygen atoms in total. The van der Waals surface area contributed by atoms with E-state index in [1.807, 2.05) is 42.5 Å². The number of carbonyl (C=O) groups is 2. The van der Waals surface area contributed by atoms with Gasteiger partial charge in [-0.15, -0.1) is 0 Å². The van der Waals surface area contributed by atoms with Crippen LogP contribution >= 0.6 is 11.6 Å². The number of halogens is 3. The summed E-state index contributed by atoms with van der Waals surface area (Å²) in [6, 6.07) is 14.1. The van der Waals surface area contributed by atoms with Gasteiger partial charge >= 0.3 is 5.97 Å². The predicted octanol–water partition coefficient (Wildman–Crippen LogP) is 5.82. The quantitative estimate of drug-likeness (QED) is 0.403. The molecule has 3 aromatic rings. The number of benzene rings is 2. The van der Waals surface area contributed by atoms with Gasteiger partial charge in [0.1, 0.15) is 6.04 Å². The average molecular weight is 475 g/mol. The van der Waals surface area contributed by atoms with Crippen LogP contribution in [0.1, 0.15) is 37.7 Å². The van der Waals surface area contributed by atoms with Gasteiger partial charge in [-0.2, -0.15) is 0 Å². The Bertz CT molecular complexity index is 1150. The Morgan fingerprint density at radius 1 is 1.12 bits per heavy atom. The molecular weight excluding hydrogens is 450 g/mol. The SMILES string of the molecule is O=C(CCc1c(-c2ccccc2)[nH]c2c(Cl)cccc12)NC(C(=O)O)C1CCC(F)(F)CC1. The van der Waals surface area contributed by atoms with Crippen LogP contribution in [0.3, 0.4) is 0 Å². The number of alkyl halides is 2.